The number of nitrogens with zero attached hydrogens (tertiary/aromatic N) is 6. The molecule has 2 aromatic heterocycles. The molecule has 12 heteroatoms. The summed E-state index contributed by atoms with van der Waals surface area (Å²) in [6.07, 6.45) is 2.72. The van der Waals surface area contributed by atoms with E-state index in [9.17, 15) is 14.7 Å². The van der Waals surface area contributed by atoms with Gasteiger partial charge in [0.25, 0.3) is 0 Å². The number of ether oxygens (including phenoxy) is 2. The molecular formula is C29H48N6O5Si. The number of amides is 1. The maximum absolute atomic E-state index is 12.6. The highest BCUT2D eigenvalue weighted by molar-refractivity contribution is 6.76. The van der Waals surface area contributed by atoms with Gasteiger partial charge in [-0.05, 0) is 67.1 Å². The number of likely N-dealkylation sites (tertiary alicyclic amines) is 1. The first kappa shape index (κ1) is 32.6. The third-order valence-electron chi connectivity index (χ3n) is 7.26. The zero-order valence-corrected chi connectivity index (χ0v) is 27.2. The van der Waals surface area contributed by atoms with Crippen molar-refractivity contribution < 1.29 is 24.2 Å². The summed E-state index contributed by atoms with van der Waals surface area (Å²) in [6.45, 7) is 20.2. The van der Waals surface area contributed by atoms with Crippen LogP contribution in [0.2, 0.25) is 25.7 Å². The topological polar surface area (TPSA) is 133 Å². The third kappa shape index (κ3) is 9.59. The fourth-order valence-electron chi connectivity index (χ4n) is 5.15. The molecule has 0 aliphatic carbocycles. The van der Waals surface area contributed by atoms with Crippen molar-refractivity contribution in [2.75, 3.05) is 19.7 Å². The largest absolute Gasteiger partial charge is 0.481 e. The molecule has 1 amide bonds. The van der Waals surface area contributed by atoms with Gasteiger partial charge < -0.3 is 19.5 Å². The lowest BCUT2D eigenvalue weighted by atomic mass is 9.71. The van der Waals surface area contributed by atoms with Crippen LogP contribution in [0.1, 0.15) is 76.9 Å². The third-order valence-corrected chi connectivity index (χ3v) is 8.97. The van der Waals surface area contributed by atoms with Gasteiger partial charge in [-0.25, -0.2) is 9.48 Å². The van der Waals surface area contributed by atoms with Crippen molar-refractivity contribution in [3.8, 4) is 0 Å². The molecular weight excluding hydrogens is 540 g/mol. The number of carbonyl (C=O) groups is 2. The van der Waals surface area contributed by atoms with Crippen LogP contribution in [-0.4, -0.2) is 80.6 Å². The molecule has 1 unspecified atom stereocenters. The number of rotatable bonds is 11. The Kier molecular flexibility index (Phi) is 10.3. The number of pyridine rings is 1. The van der Waals surface area contributed by atoms with E-state index in [0.717, 1.165) is 23.7 Å². The van der Waals surface area contributed by atoms with Gasteiger partial charge in [0, 0.05) is 51.5 Å². The summed E-state index contributed by atoms with van der Waals surface area (Å²) < 4.78 is 13.0. The van der Waals surface area contributed by atoms with E-state index in [4.69, 9.17) is 14.5 Å². The Bertz CT molecular complexity index is 1170. The minimum atomic E-state index is -1.25. The molecule has 1 N–H and O–H groups in total. The van der Waals surface area contributed by atoms with Crippen LogP contribution < -0.4 is 0 Å². The lowest BCUT2D eigenvalue weighted by Gasteiger charge is -2.33. The fraction of sp³-hybridized carbons (Fsp3) is 0.724. The van der Waals surface area contributed by atoms with Crippen molar-refractivity contribution in [3.05, 3.63) is 35.4 Å². The van der Waals surface area contributed by atoms with Gasteiger partial charge in [0.1, 0.15) is 12.3 Å². The zero-order chi connectivity index (χ0) is 30.6. The first-order valence-corrected chi connectivity index (χ1v) is 18.1. The van der Waals surface area contributed by atoms with Crippen LogP contribution >= 0.6 is 0 Å². The SMILES string of the molecule is CC(C)(C)OC(=O)N1CCC(c2ccc(C[C@H](c3nnnn3COCC[Si](C)(C)C)[C@@H](C(=O)O)C(C)(C)C)cn2)C1. The summed E-state index contributed by atoms with van der Waals surface area (Å²) in [6, 6.07) is 4.98. The molecule has 41 heavy (non-hydrogen) atoms. The number of aliphatic carboxylic acids is 1. The molecule has 0 spiro atoms. The highest BCUT2D eigenvalue weighted by Gasteiger charge is 2.41. The van der Waals surface area contributed by atoms with Crippen molar-refractivity contribution in [2.24, 2.45) is 11.3 Å². The highest BCUT2D eigenvalue weighted by atomic mass is 28.3. The average molecular weight is 589 g/mol. The molecule has 1 aliphatic rings. The van der Waals surface area contributed by atoms with Crippen LogP contribution in [0.25, 0.3) is 0 Å². The lowest BCUT2D eigenvalue weighted by Crippen LogP contribution is -2.36. The maximum atomic E-state index is 12.6. The number of tetrazole rings is 1. The maximum Gasteiger partial charge on any atom is 0.410 e. The van der Waals surface area contributed by atoms with E-state index in [0.29, 0.717) is 31.9 Å². The van der Waals surface area contributed by atoms with Crippen molar-refractivity contribution in [3.63, 3.8) is 0 Å². The van der Waals surface area contributed by atoms with E-state index < -0.39 is 36.9 Å². The predicted octanol–water partition coefficient (Wildman–Crippen LogP) is 5.18. The molecule has 228 valence electrons. The average Bonchev–Trinajstić information content (AvgIpc) is 3.49. The van der Waals surface area contributed by atoms with Gasteiger partial charge in [0.2, 0.25) is 0 Å². The first-order valence-electron chi connectivity index (χ1n) is 14.4. The molecule has 1 aliphatic heterocycles. The summed E-state index contributed by atoms with van der Waals surface area (Å²) in [5.74, 6) is -1.52. The summed E-state index contributed by atoms with van der Waals surface area (Å²) in [5.41, 5.74) is 0.716. The van der Waals surface area contributed by atoms with Gasteiger partial charge in [0.05, 0.1) is 5.92 Å². The monoisotopic (exact) mass is 588 g/mol. The standard InChI is InChI=1S/C29H48N6O5Si/c1-28(2,3)24(26(36)37)22(25-31-32-33-35(25)19-39-14-15-41(7,8)9)16-20-10-11-23(30-17-20)21-12-13-34(18-21)27(38)40-29(4,5)6/h10-11,17,21-22,24H,12-16,18-19H2,1-9H3,(H,36,37)/t21?,22-,24-/m0/s1. The van der Waals surface area contributed by atoms with Gasteiger partial charge in [-0.1, -0.05) is 46.5 Å². The molecule has 3 rings (SSSR count). The van der Waals surface area contributed by atoms with Crippen molar-refractivity contribution >= 4 is 20.1 Å². The number of aromatic nitrogens is 5. The molecule has 0 radical (unpaired) electrons. The van der Waals surface area contributed by atoms with Crippen LogP contribution in [0.5, 0.6) is 0 Å². The van der Waals surface area contributed by atoms with E-state index in [1.165, 1.54) is 0 Å². The van der Waals surface area contributed by atoms with Gasteiger partial charge in [-0.15, -0.1) is 5.10 Å². The van der Waals surface area contributed by atoms with Gasteiger partial charge in [0.15, 0.2) is 5.82 Å². The summed E-state index contributed by atoms with van der Waals surface area (Å²) in [5, 5.41) is 22.6. The van der Waals surface area contributed by atoms with E-state index >= 15 is 0 Å². The minimum absolute atomic E-state index is 0.120. The predicted molar refractivity (Wildman–Crippen MR) is 158 cm³/mol. The van der Waals surface area contributed by atoms with E-state index in [1.54, 1.807) is 15.8 Å². The molecule has 0 aromatic carbocycles. The Morgan fingerprint density at radius 2 is 1.85 bits per heavy atom. The number of hydrogen-bond donors (Lipinski definition) is 1. The second-order valence-corrected chi connectivity index (χ2v) is 20.0. The highest BCUT2D eigenvalue weighted by Crippen LogP contribution is 2.39. The lowest BCUT2D eigenvalue weighted by molar-refractivity contribution is -0.146. The van der Waals surface area contributed by atoms with E-state index in [2.05, 4.69) is 35.2 Å². The summed E-state index contributed by atoms with van der Waals surface area (Å²) in [7, 11) is -1.25. The number of hydrogen-bond acceptors (Lipinski definition) is 8. The second kappa shape index (κ2) is 13.0. The molecule has 0 bridgehead atoms. The van der Waals surface area contributed by atoms with Crippen molar-refractivity contribution in [1.29, 1.82) is 0 Å². The first-order chi connectivity index (χ1) is 18.9. The Morgan fingerprint density at radius 3 is 2.41 bits per heavy atom. The normalized spacial score (nSPS) is 17.9. The number of carboxylic acid groups (broad SMARTS) is 1. The van der Waals surface area contributed by atoms with Gasteiger partial charge >= 0.3 is 12.1 Å². The molecule has 0 saturated carbocycles. The van der Waals surface area contributed by atoms with Crippen molar-refractivity contribution in [1.82, 2.24) is 30.1 Å². The summed E-state index contributed by atoms with van der Waals surface area (Å²) in [4.78, 5) is 31.5. The van der Waals surface area contributed by atoms with Crippen LogP contribution in [0.4, 0.5) is 4.79 Å². The molecule has 3 atom stereocenters. The van der Waals surface area contributed by atoms with Crippen LogP contribution in [0.15, 0.2) is 18.3 Å². The zero-order valence-electron chi connectivity index (χ0n) is 26.2. The van der Waals surface area contributed by atoms with Crippen LogP contribution in [0.3, 0.4) is 0 Å². The van der Waals surface area contributed by atoms with Crippen LogP contribution in [-0.2, 0) is 27.4 Å². The Hall–Kier alpha value is -2.86. The molecule has 1 saturated heterocycles. The minimum Gasteiger partial charge on any atom is -0.481 e. The molecule has 3 heterocycles. The van der Waals surface area contributed by atoms with Crippen molar-refractivity contribution in [2.45, 2.75) is 104 Å². The molecule has 1 fully saturated rings. The smallest absolute Gasteiger partial charge is 0.410 e. The van der Waals surface area contributed by atoms with Gasteiger partial charge in [-0.3, -0.25) is 9.78 Å². The van der Waals surface area contributed by atoms with Crippen LogP contribution in [0, 0.1) is 11.3 Å². The Morgan fingerprint density at radius 1 is 1.15 bits per heavy atom. The summed E-state index contributed by atoms with van der Waals surface area (Å²) >= 11 is 0. The van der Waals surface area contributed by atoms with E-state index in [1.807, 2.05) is 53.7 Å². The quantitative estimate of drug-likeness (QED) is 0.278. The number of carbonyl (C=O) groups excluding carboxylic acids is 1. The number of carboxylic acids is 1. The molecule has 2 aromatic rings. The Balaban J connectivity index is 1.78. The van der Waals surface area contributed by atoms with E-state index in [-0.39, 0.29) is 18.7 Å². The fourth-order valence-corrected chi connectivity index (χ4v) is 5.91. The van der Waals surface area contributed by atoms with Gasteiger partial charge in [-0.2, -0.15) is 0 Å². The molecule has 11 nitrogen and oxygen atoms in total. The second-order valence-electron chi connectivity index (χ2n) is 14.4. The Labute approximate surface area is 245 Å².